The molecule has 0 N–H and O–H groups in total. The molecular formula is C26H25N7O3. The Morgan fingerprint density at radius 2 is 1.83 bits per heavy atom. The predicted molar refractivity (Wildman–Crippen MR) is 137 cm³/mol. The molecule has 36 heavy (non-hydrogen) atoms. The highest BCUT2D eigenvalue weighted by Gasteiger charge is 2.24. The summed E-state index contributed by atoms with van der Waals surface area (Å²) in [6.45, 7) is 6.20. The summed E-state index contributed by atoms with van der Waals surface area (Å²) in [6, 6.07) is 8.11. The number of imidazole rings is 1. The van der Waals surface area contributed by atoms with Gasteiger partial charge in [0.2, 0.25) is 0 Å². The molecule has 0 atom stereocenters. The van der Waals surface area contributed by atoms with Crippen molar-refractivity contribution in [1.29, 1.82) is 0 Å². The number of carbonyl (C=O) groups excluding carboxylic acids is 1. The zero-order valence-electron chi connectivity index (χ0n) is 20.7. The van der Waals surface area contributed by atoms with Crippen LogP contribution < -0.4 is 10.6 Å². The Bertz CT molecular complexity index is 1760. The first kappa shape index (κ1) is 22.0. The Balaban J connectivity index is 1.59. The SMILES string of the molecule is Cc1nn(C(C)C)cc1-n1c(=O)n(C)c2cnc3ccc(-c4cnc5c(c4)COC(=O)N5C)cc3c21. The largest absolute Gasteiger partial charge is 0.444 e. The predicted octanol–water partition coefficient (Wildman–Crippen LogP) is 4.11. The van der Waals surface area contributed by atoms with E-state index in [9.17, 15) is 9.59 Å². The van der Waals surface area contributed by atoms with E-state index in [2.05, 4.69) is 28.9 Å². The highest BCUT2D eigenvalue weighted by Crippen LogP contribution is 2.33. The molecule has 0 spiro atoms. The molecular weight excluding hydrogens is 458 g/mol. The van der Waals surface area contributed by atoms with Gasteiger partial charge in [-0.15, -0.1) is 0 Å². The van der Waals surface area contributed by atoms with Crippen LogP contribution in [0.15, 0.2) is 47.7 Å². The van der Waals surface area contributed by atoms with Gasteiger partial charge in [0.1, 0.15) is 12.4 Å². The molecule has 10 nitrogen and oxygen atoms in total. The number of aryl methyl sites for hydroxylation is 2. The number of ether oxygens (including phenoxy) is 1. The summed E-state index contributed by atoms with van der Waals surface area (Å²) in [5, 5.41) is 5.47. The van der Waals surface area contributed by atoms with Crippen molar-refractivity contribution in [1.82, 2.24) is 28.9 Å². The van der Waals surface area contributed by atoms with Gasteiger partial charge < -0.3 is 4.74 Å². The van der Waals surface area contributed by atoms with Crippen LogP contribution in [0.25, 0.3) is 38.8 Å². The Hall–Kier alpha value is -4.47. The Morgan fingerprint density at radius 1 is 1.03 bits per heavy atom. The summed E-state index contributed by atoms with van der Waals surface area (Å²) < 4.78 is 10.4. The smallest absolute Gasteiger partial charge is 0.415 e. The molecule has 0 saturated heterocycles. The number of hydrogen-bond donors (Lipinski definition) is 0. The molecule has 6 rings (SSSR count). The average Bonchev–Trinajstić information content (AvgIpc) is 3.38. The van der Waals surface area contributed by atoms with Gasteiger partial charge in [-0.25, -0.2) is 14.6 Å². The van der Waals surface area contributed by atoms with Crippen molar-refractivity contribution in [3.63, 3.8) is 0 Å². The number of aromatic nitrogens is 6. The number of cyclic esters (lactones) is 1. The highest BCUT2D eigenvalue weighted by molar-refractivity contribution is 6.04. The van der Waals surface area contributed by atoms with Crippen LogP contribution in [0.5, 0.6) is 0 Å². The van der Waals surface area contributed by atoms with Gasteiger partial charge in [-0.05, 0) is 44.5 Å². The second kappa shape index (κ2) is 7.77. The van der Waals surface area contributed by atoms with E-state index in [1.807, 2.05) is 42.1 Å². The highest BCUT2D eigenvalue weighted by atomic mass is 16.6. The molecule has 0 aliphatic carbocycles. The minimum atomic E-state index is -0.417. The van der Waals surface area contributed by atoms with Crippen molar-refractivity contribution in [3.8, 4) is 16.8 Å². The van der Waals surface area contributed by atoms with E-state index < -0.39 is 6.09 Å². The van der Waals surface area contributed by atoms with Gasteiger partial charge in [-0.2, -0.15) is 5.10 Å². The van der Waals surface area contributed by atoms with Gasteiger partial charge in [0.15, 0.2) is 0 Å². The van der Waals surface area contributed by atoms with Crippen LogP contribution in [-0.2, 0) is 18.4 Å². The number of nitrogens with zero attached hydrogens (tertiary/aromatic N) is 7. The number of anilines is 1. The molecule has 0 fully saturated rings. The summed E-state index contributed by atoms with van der Waals surface area (Å²) in [5.74, 6) is 0.592. The van der Waals surface area contributed by atoms with Crippen molar-refractivity contribution in [2.75, 3.05) is 11.9 Å². The lowest BCUT2D eigenvalue weighted by Crippen LogP contribution is -2.32. The van der Waals surface area contributed by atoms with Crippen LogP contribution >= 0.6 is 0 Å². The third-order valence-corrected chi connectivity index (χ3v) is 6.76. The first-order valence-corrected chi connectivity index (χ1v) is 11.7. The number of carbonyl (C=O) groups is 1. The third-order valence-electron chi connectivity index (χ3n) is 6.76. The molecule has 5 aromatic rings. The van der Waals surface area contributed by atoms with Gasteiger partial charge >= 0.3 is 11.8 Å². The summed E-state index contributed by atoms with van der Waals surface area (Å²) in [5.41, 5.74) is 6.29. The first-order valence-electron chi connectivity index (χ1n) is 11.7. The molecule has 0 bridgehead atoms. The zero-order valence-corrected chi connectivity index (χ0v) is 20.7. The van der Waals surface area contributed by atoms with E-state index in [-0.39, 0.29) is 18.3 Å². The van der Waals surface area contributed by atoms with Crippen LogP contribution in [0.1, 0.15) is 31.1 Å². The van der Waals surface area contributed by atoms with Crippen molar-refractivity contribution >= 4 is 33.8 Å². The standard InChI is InChI=1S/C26H25N7O3/c1-14(2)32-12-22(15(3)29-32)33-23-19-9-16(6-7-20(19)27-11-21(23)30(4)25(33)34)17-8-18-13-36-26(35)31(5)24(18)28-10-17/h6-12,14H,13H2,1-5H3. The summed E-state index contributed by atoms with van der Waals surface area (Å²) >= 11 is 0. The summed E-state index contributed by atoms with van der Waals surface area (Å²) in [6.07, 6.45) is 4.99. The number of pyridine rings is 2. The number of amides is 1. The normalized spacial score (nSPS) is 13.6. The molecule has 4 aromatic heterocycles. The van der Waals surface area contributed by atoms with Crippen molar-refractivity contribution in [3.05, 3.63) is 64.6 Å². The number of hydrogen-bond acceptors (Lipinski definition) is 6. The van der Waals surface area contributed by atoms with E-state index in [1.165, 1.54) is 4.90 Å². The van der Waals surface area contributed by atoms with E-state index in [0.29, 0.717) is 5.82 Å². The second-order valence-electron chi connectivity index (χ2n) is 9.39. The van der Waals surface area contributed by atoms with Gasteiger partial charge in [0.25, 0.3) is 0 Å². The van der Waals surface area contributed by atoms with Crippen LogP contribution in [0, 0.1) is 6.92 Å². The van der Waals surface area contributed by atoms with E-state index in [4.69, 9.17) is 4.74 Å². The molecule has 1 amide bonds. The molecule has 1 aliphatic rings. The first-order chi connectivity index (χ1) is 17.2. The van der Waals surface area contributed by atoms with Crippen molar-refractivity contribution < 1.29 is 9.53 Å². The maximum Gasteiger partial charge on any atom is 0.415 e. The maximum atomic E-state index is 13.4. The maximum absolute atomic E-state index is 13.4. The van der Waals surface area contributed by atoms with E-state index in [0.717, 1.165) is 50.0 Å². The number of benzene rings is 1. The minimum absolute atomic E-state index is 0.156. The minimum Gasteiger partial charge on any atom is -0.444 e. The molecule has 0 saturated carbocycles. The molecule has 5 heterocycles. The van der Waals surface area contributed by atoms with Gasteiger partial charge in [0.05, 0.1) is 34.1 Å². The number of rotatable bonds is 3. The fraction of sp³-hybridized carbons (Fsp3) is 0.269. The molecule has 1 aliphatic heterocycles. The lowest BCUT2D eigenvalue weighted by molar-refractivity contribution is 0.143. The molecule has 0 radical (unpaired) electrons. The lowest BCUT2D eigenvalue weighted by atomic mass is 10.0. The fourth-order valence-electron chi connectivity index (χ4n) is 4.75. The van der Waals surface area contributed by atoms with Gasteiger partial charge in [-0.1, -0.05) is 6.07 Å². The van der Waals surface area contributed by atoms with Crippen molar-refractivity contribution in [2.24, 2.45) is 7.05 Å². The zero-order chi connectivity index (χ0) is 25.3. The topological polar surface area (TPSA) is 100 Å². The van der Waals surface area contributed by atoms with E-state index in [1.54, 1.807) is 35.6 Å². The van der Waals surface area contributed by atoms with Crippen LogP contribution in [0.4, 0.5) is 10.6 Å². The summed E-state index contributed by atoms with van der Waals surface area (Å²) in [7, 11) is 3.40. The molecule has 1 aromatic carbocycles. The molecule has 0 unspecified atom stereocenters. The lowest BCUT2D eigenvalue weighted by Gasteiger charge is -2.24. The van der Waals surface area contributed by atoms with E-state index >= 15 is 0 Å². The molecule has 10 heteroatoms. The van der Waals surface area contributed by atoms with Crippen molar-refractivity contribution in [2.45, 2.75) is 33.4 Å². The van der Waals surface area contributed by atoms with Crippen LogP contribution in [0.3, 0.4) is 0 Å². The Kier molecular flexibility index (Phi) is 4.75. The third kappa shape index (κ3) is 3.14. The summed E-state index contributed by atoms with van der Waals surface area (Å²) in [4.78, 5) is 35.8. The Labute approximate surface area is 206 Å². The van der Waals surface area contributed by atoms with Crippen LogP contribution in [-0.4, -0.2) is 42.0 Å². The quantitative estimate of drug-likeness (QED) is 0.383. The Morgan fingerprint density at radius 3 is 2.58 bits per heavy atom. The second-order valence-corrected chi connectivity index (χ2v) is 9.39. The fourth-order valence-corrected chi connectivity index (χ4v) is 4.75. The van der Waals surface area contributed by atoms with Gasteiger partial charge in [0, 0.05) is 49.0 Å². The molecule has 182 valence electrons. The monoisotopic (exact) mass is 483 g/mol. The number of fused-ring (bicyclic) bond motifs is 4. The average molecular weight is 484 g/mol. The van der Waals surface area contributed by atoms with Gasteiger partial charge in [-0.3, -0.25) is 23.7 Å². The van der Waals surface area contributed by atoms with Crippen LogP contribution in [0.2, 0.25) is 0 Å².